The van der Waals surface area contributed by atoms with Crippen LogP contribution in [0.3, 0.4) is 0 Å². The van der Waals surface area contributed by atoms with E-state index in [4.69, 9.17) is 0 Å². The van der Waals surface area contributed by atoms with E-state index in [-0.39, 0.29) is 30.0 Å². The first-order valence-corrected chi connectivity index (χ1v) is 16.9. The Balaban J connectivity index is 1.38. The molecule has 4 N–H and O–H groups in total. The number of hydrogen-bond donors (Lipinski definition) is 4. The van der Waals surface area contributed by atoms with Crippen molar-refractivity contribution in [2.45, 2.75) is 44.3 Å². The van der Waals surface area contributed by atoms with Crippen LogP contribution in [-0.4, -0.2) is 45.0 Å². The van der Waals surface area contributed by atoms with Crippen LogP contribution in [0.1, 0.15) is 61.0 Å². The molecule has 51 heavy (non-hydrogen) atoms. The normalized spacial score (nSPS) is 15.5. The second-order valence-corrected chi connectivity index (χ2v) is 12.8. The third-order valence-corrected chi connectivity index (χ3v) is 9.38. The number of carbonyl (C=O) groups is 4. The number of benzene rings is 5. The maximum Gasteiger partial charge on any atom is 0.336 e. The van der Waals surface area contributed by atoms with E-state index in [0.717, 1.165) is 48.1 Å². The van der Waals surface area contributed by atoms with Gasteiger partial charge in [-0.1, -0.05) is 115 Å². The highest BCUT2D eigenvalue weighted by Crippen LogP contribution is 2.41. The zero-order chi connectivity index (χ0) is 35.7. The molecule has 1 aliphatic carbocycles. The number of aromatic carboxylic acids is 2. The minimum Gasteiger partial charge on any atom is -0.478 e. The van der Waals surface area contributed by atoms with Crippen LogP contribution in [0.4, 0.5) is 10.5 Å². The number of carbonyl (C=O) groups excluding carboxylic acids is 2. The third kappa shape index (κ3) is 8.51. The average molecular weight is 682 g/mol. The number of nitrogens with zero attached hydrogens (tertiary/aromatic N) is 1. The van der Waals surface area contributed by atoms with Crippen LogP contribution < -0.4 is 10.6 Å². The molecule has 0 aromatic heterocycles. The quantitative estimate of drug-likeness (QED) is 0.108. The molecule has 3 amide bonds. The molecule has 9 nitrogen and oxygen atoms in total. The Hall–Kier alpha value is -6.22. The van der Waals surface area contributed by atoms with Gasteiger partial charge in [0.15, 0.2) is 0 Å². The number of carboxylic acids is 2. The number of carboxylic acid groups (broad SMARTS) is 2. The fraction of sp³-hybridized carbons (Fsp3) is 0.190. The number of amides is 3. The molecule has 6 rings (SSSR count). The maximum absolute atomic E-state index is 15.2. The monoisotopic (exact) mass is 681 g/mol. The Morgan fingerprint density at radius 2 is 1.27 bits per heavy atom. The Morgan fingerprint density at radius 1 is 0.686 bits per heavy atom. The lowest BCUT2D eigenvalue weighted by molar-refractivity contribution is -0.138. The summed E-state index contributed by atoms with van der Waals surface area (Å²) in [6.45, 7) is 0.317. The summed E-state index contributed by atoms with van der Waals surface area (Å²) in [6, 6.07) is 39.3. The number of hydrogen-bond acceptors (Lipinski definition) is 4. The summed E-state index contributed by atoms with van der Waals surface area (Å²) in [7, 11) is 0. The highest BCUT2D eigenvalue weighted by atomic mass is 16.4. The van der Waals surface area contributed by atoms with E-state index in [2.05, 4.69) is 34.9 Å². The molecule has 3 unspecified atom stereocenters. The molecule has 0 saturated carbocycles. The number of aryl methyl sites for hydroxylation is 1. The lowest BCUT2D eigenvalue weighted by atomic mass is 9.75. The molecule has 0 heterocycles. The lowest BCUT2D eigenvalue weighted by Crippen LogP contribution is -2.53. The SMILES string of the molecule is O=C(Nc1ccc(C(=O)O)c(C(=O)O)c1)NC(Cc1ccccc1)C(=O)N(Cc1ccccc1)C1c2ccccc2CCC1Cc1ccccc1. The molecule has 0 fully saturated rings. The van der Waals surface area contributed by atoms with E-state index in [1.54, 1.807) is 0 Å². The molecule has 258 valence electrons. The van der Waals surface area contributed by atoms with Gasteiger partial charge in [-0.2, -0.15) is 0 Å². The van der Waals surface area contributed by atoms with Crippen molar-refractivity contribution in [1.29, 1.82) is 0 Å². The number of urea groups is 1. The van der Waals surface area contributed by atoms with Crippen molar-refractivity contribution >= 4 is 29.6 Å². The number of fused-ring (bicyclic) bond motifs is 1. The van der Waals surface area contributed by atoms with E-state index in [0.29, 0.717) is 6.54 Å². The van der Waals surface area contributed by atoms with Gasteiger partial charge >= 0.3 is 18.0 Å². The highest BCUT2D eigenvalue weighted by molar-refractivity contribution is 6.03. The third-order valence-electron chi connectivity index (χ3n) is 9.38. The summed E-state index contributed by atoms with van der Waals surface area (Å²) in [5.41, 5.74) is 4.48. The van der Waals surface area contributed by atoms with Crippen LogP contribution >= 0.6 is 0 Å². The van der Waals surface area contributed by atoms with Crippen LogP contribution in [0.2, 0.25) is 0 Å². The van der Waals surface area contributed by atoms with Crippen molar-refractivity contribution in [3.8, 4) is 0 Å². The molecule has 0 radical (unpaired) electrons. The summed E-state index contributed by atoms with van der Waals surface area (Å²) in [5.74, 6) is -3.00. The minimum absolute atomic E-state index is 0.0751. The van der Waals surface area contributed by atoms with Crippen LogP contribution in [0.15, 0.2) is 133 Å². The Labute approximate surface area is 296 Å². The Kier molecular flexibility index (Phi) is 10.9. The zero-order valence-corrected chi connectivity index (χ0v) is 27.9. The highest BCUT2D eigenvalue weighted by Gasteiger charge is 2.39. The van der Waals surface area contributed by atoms with Gasteiger partial charge in [0, 0.05) is 18.7 Å². The Bertz CT molecular complexity index is 2000. The maximum atomic E-state index is 15.2. The first-order chi connectivity index (χ1) is 24.8. The molecule has 0 bridgehead atoms. The largest absolute Gasteiger partial charge is 0.478 e. The van der Waals surface area contributed by atoms with Crippen molar-refractivity contribution in [2.75, 3.05) is 5.32 Å². The van der Waals surface area contributed by atoms with Crippen molar-refractivity contribution in [1.82, 2.24) is 10.2 Å². The van der Waals surface area contributed by atoms with Crippen LogP contribution in [0, 0.1) is 5.92 Å². The summed E-state index contributed by atoms with van der Waals surface area (Å²) in [5, 5.41) is 24.5. The standard InChI is InChI=1S/C42H39N3O6/c46-39(37(25-29-14-6-2-7-15-29)44-42(51)43-33-22-23-35(40(47)48)36(26-33)41(49)50)45(27-30-16-8-3-9-17-30)38-32(24-28-12-4-1-5-13-28)21-20-31-18-10-11-19-34(31)38/h1-19,22-23,26,32,37-38H,20-21,24-25,27H2,(H,47,48)(H,49,50)(H2,43,44,51). The number of rotatable bonds is 12. The molecule has 5 aromatic carbocycles. The predicted octanol–water partition coefficient (Wildman–Crippen LogP) is 7.39. The topological polar surface area (TPSA) is 136 Å². The van der Waals surface area contributed by atoms with E-state index in [1.807, 2.05) is 95.9 Å². The minimum atomic E-state index is -1.44. The van der Waals surface area contributed by atoms with Crippen LogP contribution in [0.25, 0.3) is 0 Å². The van der Waals surface area contributed by atoms with Gasteiger partial charge < -0.3 is 25.7 Å². The van der Waals surface area contributed by atoms with E-state index >= 15 is 4.79 Å². The van der Waals surface area contributed by atoms with Crippen molar-refractivity contribution in [3.05, 3.63) is 172 Å². The van der Waals surface area contributed by atoms with Crippen LogP contribution in [0.5, 0.6) is 0 Å². The van der Waals surface area contributed by atoms with Crippen molar-refractivity contribution in [3.63, 3.8) is 0 Å². The summed E-state index contributed by atoms with van der Waals surface area (Å²) >= 11 is 0. The predicted molar refractivity (Wildman–Crippen MR) is 195 cm³/mol. The molecule has 3 atom stereocenters. The molecule has 0 aliphatic heterocycles. The van der Waals surface area contributed by atoms with Crippen molar-refractivity contribution < 1.29 is 29.4 Å². The fourth-order valence-electron chi connectivity index (χ4n) is 7.01. The molecule has 0 spiro atoms. The van der Waals surface area contributed by atoms with Crippen molar-refractivity contribution in [2.24, 2.45) is 5.92 Å². The van der Waals surface area contributed by atoms with Crippen LogP contribution in [-0.2, 0) is 30.6 Å². The van der Waals surface area contributed by atoms with Gasteiger partial charge in [-0.3, -0.25) is 4.79 Å². The molecule has 0 saturated heterocycles. The fourth-order valence-corrected chi connectivity index (χ4v) is 7.01. The van der Waals surface area contributed by atoms with E-state index in [9.17, 15) is 24.6 Å². The Morgan fingerprint density at radius 3 is 1.92 bits per heavy atom. The van der Waals surface area contributed by atoms with Gasteiger partial charge in [0.05, 0.1) is 17.2 Å². The first kappa shape index (κ1) is 34.6. The van der Waals surface area contributed by atoms with Gasteiger partial charge in [-0.25, -0.2) is 14.4 Å². The van der Waals surface area contributed by atoms with Gasteiger partial charge in [0.1, 0.15) is 6.04 Å². The van der Waals surface area contributed by atoms with Gasteiger partial charge in [-0.05, 0) is 71.2 Å². The van der Waals surface area contributed by atoms with E-state index in [1.165, 1.54) is 17.2 Å². The average Bonchev–Trinajstić information content (AvgIpc) is 3.14. The summed E-state index contributed by atoms with van der Waals surface area (Å²) in [6.07, 6.45) is 2.75. The first-order valence-electron chi connectivity index (χ1n) is 16.9. The van der Waals surface area contributed by atoms with Gasteiger partial charge in [-0.15, -0.1) is 0 Å². The summed E-state index contributed by atoms with van der Waals surface area (Å²) in [4.78, 5) is 54.1. The lowest BCUT2D eigenvalue weighted by Gasteiger charge is -2.43. The second-order valence-electron chi connectivity index (χ2n) is 12.8. The second kappa shape index (κ2) is 16.0. The molecule has 9 heteroatoms. The summed E-state index contributed by atoms with van der Waals surface area (Å²) < 4.78 is 0. The molecular weight excluding hydrogens is 642 g/mol. The molecular formula is C42H39N3O6. The molecule has 5 aromatic rings. The van der Waals surface area contributed by atoms with Gasteiger partial charge in [0.2, 0.25) is 5.91 Å². The number of anilines is 1. The number of nitrogens with one attached hydrogen (secondary N) is 2. The smallest absolute Gasteiger partial charge is 0.336 e. The van der Waals surface area contributed by atoms with Gasteiger partial charge in [0.25, 0.3) is 0 Å². The zero-order valence-electron chi connectivity index (χ0n) is 27.9. The van der Waals surface area contributed by atoms with E-state index < -0.39 is 35.1 Å². The molecule has 1 aliphatic rings.